The smallest absolute Gasteiger partial charge is 0.238 e. The summed E-state index contributed by atoms with van der Waals surface area (Å²) in [5.74, 6) is -0.431. The van der Waals surface area contributed by atoms with Crippen molar-refractivity contribution in [3.05, 3.63) is 22.3 Å². The number of carbonyl (C=O) groups is 2. The van der Waals surface area contributed by atoms with Crippen molar-refractivity contribution in [2.45, 2.75) is 20.8 Å². The van der Waals surface area contributed by atoms with Gasteiger partial charge in [0, 0.05) is 22.5 Å². The SMILES string of the molecule is Cc1cc(Br)cnc1N1C(=O)C(C)C(C)C1=O. The molecule has 1 aliphatic rings. The van der Waals surface area contributed by atoms with Crippen LogP contribution in [0, 0.1) is 18.8 Å². The molecule has 5 heteroatoms. The topological polar surface area (TPSA) is 50.3 Å². The lowest BCUT2D eigenvalue weighted by Gasteiger charge is -2.15. The molecule has 0 aromatic carbocycles. The predicted molar refractivity (Wildman–Crippen MR) is 67.5 cm³/mol. The van der Waals surface area contributed by atoms with Crippen LogP contribution < -0.4 is 4.90 Å². The predicted octanol–water partition coefficient (Wildman–Crippen LogP) is 2.30. The van der Waals surface area contributed by atoms with E-state index in [-0.39, 0.29) is 23.7 Å². The monoisotopic (exact) mass is 296 g/mol. The second kappa shape index (κ2) is 4.22. The van der Waals surface area contributed by atoms with Gasteiger partial charge < -0.3 is 0 Å². The first-order valence-corrected chi connectivity index (χ1v) is 6.22. The van der Waals surface area contributed by atoms with E-state index in [2.05, 4.69) is 20.9 Å². The number of aryl methyl sites for hydroxylation is 1. The molecule has 2 rings (SSSR count). The second-order valence-electron chi connectivity index (χ2n) is 4.38. The molecule has 0 radical (unpaired) electrons. The first-order chi connectivity index (χ1) is 7.93. The Morgan fingerprint density at radius 2 is 1.76 bits per heavy atom. The Morgan fingerprint density at radius 1 is 1.24 bits per heavy atom. The van der Waals surface area contributed by atoms with E-state index in [9.17, 15) is 9.59 Å². The lowest BCUT2D eigenvalue weighted by Crippen LogP contribution is -2.32. The molecule has 2 atom stereocenters. The number of pyridine rings is 1. The molecular formula is C12H13BrN2O2. The van der Waals surface area contributed by atoms with Gasteiger partial charge in [0.2, 0.25) is 11.8 Å². The summed E-state index contributed by atoms with van der Waals surface area (Å²) in [6, 6.07) is 1.84. The van der Waals surface area contributed by atoms with E-state index in [4.69, 9.17) is 0 Å². The number of anilines is 1. The minimum atomic E-state index is -0.271. The number of nitrogens with zero attached hydrogens (tertiary/aromatic N) is 2. The van der Waals surface area contributed by atoms with Crippen molar-refractivity contribution in [3.63, 3.8) is 0 Å². The molecule has 90 valence electrons. The van der Waals surface area contributed by atoms with Gasteiger partial charge in [-0.15, -0.1) is 0 Å². The standard InChI is InChI=1S/C12H13BrN2O2/c1-6-4-9(13)5-14-10(6)15-11(16)7(2)8(3)12(15)17/h4-5,7-8H,1-3H3. The van der Waals surface area contributed by atoms with Gasteiger partial charge >= 0.3 is 0 Å². The van der Waals surface area contributed by atoms with Gasteiger partial charge in [-0.2, -0.15) is 0 Å². The summed E-state index contributed by atoms with van der Waals surface area (Å²) in [5.41, 5.74) is 0.808. The van der Waals surface area contributed by atoms with Gasteiger partial charge in [-0.05, 0) is 34.5 Å². The molecule has 0 bridgehead atoms. The molecule has 1 aromatic heterocycles. The van der Waals surface area contributed by atoms with Crippen LogP contribution in [-0.4, -0.2) is 16.8 Å². The Hall–Kier alpha value is -1.23. The number of amides is 2. The average molecular weight is 297 g/mol. The maximum absolute atomic E-state index is 12.0. The van der Waals surface area contributed by atoms with Crippen LogP contribution in [0.15, 0.2) is 16.7 Å². The van der Waals surface area contributed by atoms with E-state index in [1.54, 1.807) is 20.0 Å². The van der Waals surface area contributed by atoms with Crippen molar-refractivity contribution < 1.29 is 9.59 Å². The summed E-state index contributed by atoms with van der Waals surface area (Å²) >= 11 is 3.31. The molecule has 2 amide bonds. The maximum Gasteiger partial charge on any atom is 0.238 e. The van der Waals surface area contributed by atoms with Gasteiger partial charge in [0.1, 0.15) is 5.82 Å². The van der Waals surface area contributed by atoms with Crippen LogP contribution in [0.4, 0.5) is 5.82 Å². The van der Waals surface area contributed by atoms with E-state index >= 15 is 0 Å². The zero-order valence-electron chi connectivity index (χ0n) is 9.90. The molecule has 0 saturated carbocycles. The van der Waals surface area contributed by atoms with E-state index in [1.807, 2.05) is 13.0 Å². The Morgan fingerprint density at radius 3 is 2.24 bits per heavy atom. The highest BCUT2D eigenvalue weighted by Gasteiger charge is 2.44. The number of carbonyl (C=O) groups excluding carboxylic acids is 2. The van der Waals surface area contributed by atoms with Gasteiger partial charge in [-0.25, -0.2) is 9.88 Å². The number of hydrogen-bond acceptors (Lipinski definition) is 3. The molecule has 2 unspecified atom stereocenters. The molecule has 1 saturated heterocycles. The van der Waals surface area contributed by atoms with Crippen LogP contribution in [0.2, 0.25) is 0 Å². The van der Waals surface area contributed by atoms with Crippen LogP contribution in [0.5, 0.6) is 0 Å². The summed E-state index contributed by atoms with van der Waals surface area (Å²) in [5, 5.41) is 0. The quantitative estimate of drug-likeness (QED) is 0.747. The van der Waals surface area contributed by atoms with Crippen LogP contribution >= 0.6 is 15.9 Å². The highest BCUT2D eigenvalue weighted by molar-refractivity contribution is 9.10. The van der Waals surface area contributed by atoms with Crippen molar-refractivity contribution in [2.24, 2.45) is 11.8 Å². The minimum Gasteiger partial charge on any atom is -0.274 e. The zero-order valence-corrected chi connectivity index (χ0v) is 11.5. The van der Waals surface area contributed by atoms with E-state index in [0.29, 0.717) is 5.82 Å². The van der Waals surface area contributed by atoms with Gasteiger partial charge in [0.25, 0.3) is 0 Å². The number of halogens is 1. The molecule has 1 aliphatic heterocycles. The highest BCUT2D eigenvalue weighted by atomic mass is 79.9. The lowest BCUT2D eigenvalue weighted by molar-refractivity contribution is -0.122. The third-order valence-corrected chi connectivity index (χ3v) is 3.63. The van der Waals surface area contributed by atoms with Crippen LogP contribution in [0.1, 0.15) is 19.4 Å². The van der Waals surface area contributed by atoms with Crippen LogP contribution in [0.3, 0.4) is 0 Å². The van der Waals surface area contributed by atoms with Crippen molar-refractivity contribution in [1.29, 1.82) is 0 Å². The number of hydrogen-bond donors (Lipinski definition) is 0. The first-order valence-electron chi connectivity index (χ1n) is 5.43. The molecule has 1 fully saturated rings. The molecule has 1 aromatic rings. The lowest BCUT2D eigenvalue weighted by atomic mass is 10.00. The average Bonchev–Trinajstić information content (AvgIpc) is 2.45. The van der Waals surface area contributed by atoms with Crippen molar-refractivity contribution in [3.8, 4) is 0 Å². The highest BCUT2D eigenvalue weighted by Crippen LogP contribution is 2.31. The molecule has 0 aliphatic carbocycles. The third-order valence-electron chi connectivity index (χ3n) is 3.20. The Kier molecular flexibility index (Phi) is 3.03. The fourth-order valence-corrected chi connectivity index (χ4v) is 2.37. The molecule has 0 spiro atoms. The molecule has 17 heavy (non-hydrogen) atoms. The maximum atomic E-state index is 12.0. The largest absolute Gasteiger partial charge is 0.274 e. The van der Waals surface area contributed by atoms with Gasteiger partial charge in [-0.1, -0.05) is 13.8 Å². The van der Waals surface area contributed by atoms with Crippen molar-refractivity contribution >= 4 is 33.6 Å². The Balaban J connectivity index is 2.47. The summed E-state index contributed by atoms with van der Waals surface area (Å²) in [6.07, 6.45) is 1.59. The van der Waals surface area contributed by atoms with E-state index in [0.717, 1.165) is 10.0 Å². The molecule has 2 heterocycles. The third kappa shape index (κ3) is 1.88. The summed E-state index contributed by atoms with van der Waals surface area (Å²) in [6.45, 7) is 5.39. The Labute approximate surface area is 108 Å². The van der Waals surface area contributed by atoms with E-state index < -0.39 is 0 Å². The normalized spacial score (nSPS) is 24.6. The number of aromatic nitrogens is 1. The molecule has 4 nitrogen and oxygen atoms in total. The summed E-state index contributed by atoms with van der Waals surface area (Å²) in [4.78, 5) is 29.4. The van der Waals surface area contributed by atoms with Gasteiger partial charge in [-0.3, -0.25) is 9.59 Å². The number of rotatable bonds is 1. The van der Waals surface area contributed by atoms with Crippen molar-refractivity contribution in [2.75, 3.05) is 4.90 Å². The molecular weight excluding hydrogens is 284 g/mol. The van der Waals surface area contributed by atoms with Gasteiger partial charge in [0.05, 0.1) is 0 Å². The Bertz CT molecular complexity index is 481. The summed E-state index contributed by atoms with van der Waals surface area (Å²) < 4.78 is 0.832. The van der Waals surface area contributed by atoms with Gasteiger partial charge in [0.15, 0.2) is 0 Å². The minimum absolute atomic E-state index is 0.166. The summed E-state index contributed by atoms with van der Waals surface area (Å²) in [7, 11) is 0. The van der Waals surface area contributed by atoms with Crippen molar-refractivity contribution in [1.82, 2.24) is 4.98 Å². The fourth-order valence-electron chi connectivity index (χ4n) is 1.92. The number of imide groups is 1. The first kappa shape index (κ1) is 12.2. The fraction of sp³-hybridized carbons (Fsp3) is 0.417. The van der Waals surface area contributed by atoms with Crippen LogP contribution in [0.25, 0.3) is 0 Å². The zero-order chi connectivity index (χ0) is 12.7. The van der Waals surface area contributed by atoms with E-state index in [1.165, 1.54) is 4.90 Å². The second-order valence-corrected chi connectivity index (χ2v) is 5.30. The van der Waals surface area contributed by atoms with Crippen LogP contribution in [-0.2, 0) is 9.59 Å². The molecule has 0 N–H and O–H groups in total.